The molecule has 4 nitrogen and oxygen atoms in total. The monoisotopic (exact) mass is 403 g/mol. The highest BCUT2D eigenvalue weighted by atomic mass is 32.2. The van der Waals surface area contributed by atoms with Crippen molar-refractivity contribution >= 4 is 22.8 Å². The third kappa shape index (κ3) is 4.15. The van der Waals surface area contributed by atoms with Gasteiger partial charge >= 0.3 is 0 Å². The van der Waals surface area contributed by atoms with Crippen molar-refractivity contribution in [1.29, 1.82) is 0 Å². The van der Waals surface area contributed by atoms with Gasteiger partial charge in [0.1, 0.15) is 22.7 Å². The number of rotatable bonds is 6. The lowest BCUT2D eigenvalue weighted by molar-refractivity contribution is 0.242. The van der Waals surface area contributed by atoms with Crippen molar-refractivity contribution in [1.82, 2.24) is 14.5 Å². The second-order valence-corrected chi connectivity index (χ2v) is 8.58. The minimum atomic E-state index is 0.163. The van der Waals surface area contributed by atoms with Gasteiger partial charge in [0.15, 0.2) is 0 Å². The predicted molar refractivity (Wildman–Crippen MR) is 120 cm³/mol. The first-order valence-corrected chi connectivity index (χ1v) is 10.7. The van der Waals surface area contributed by atoms with Crippen molar-refractivity contribution in [2.75, 3.05) is 0 Å². The zero-order valence-corrected chi connectivity index (χ0v) is 18.0. The Bertz CT molecular complexity index is 1100. The number of aromatic nitrogens is 3. The molecule has 0 fully saturated rings. The number of benzene rings is 2. The van der Waals surface area contributed by atoms with Gasteiger partial charge in [-0.2, -0.15) is 0 Å². The summed E-state index contributed by atoms with van der Waals surface area (Å²) in [7, 11) is 0. The first-order valence-electron chi connectivity index (χ1n) is 9.89. The minimum absolute atomic E-state index is 0.163. The largest absolute Gasteiger partial charge is 0.491 e. The van der Waals surface area contributed by atoms with Gasteiger partial charge in [-0.3, -0.25) is 0 Å². The third-order valence-corrected chi connectivity index (χ3v) is 5.62. The molecule has 0 N–H and O–H groups in total. The maximum Gasteiger partial charge on any atom is 0.145 e. The van der Waals surface area contributed by atoms with Crippen molar-refractivity contribution in [3.05, 3.63) is 67.0 Å². The summed E-state index contributed by atoms with van der Waals surface area (Å²) in [4.78, 5) is 10.4. The van der Waals surface area contributed by atoms with E-state index in [1.54, 1.807) is 18.1 Å². The Kier molecular flexibility index (Phi) is 5.58. The van der Waals surface area contributed by atoms with Crippen LogP contribution in [0.5, 0.6) is 5.75 Å². The average molecular weight is 404 g/mol. The molecule has 5 heteroatoms. The molecule has 0 radical (unpaired) electrons. The highest BCUT2D eigenvalue weighted by molar-refractivity contribution is 7.99. The van der Waals surface area contributed by atoms with E-state index >= 15 is 0 Å². The Labute approximate surface area is 176 Å². The highest BCUT2D eigenvalue weighted by Crippen LogP contribution is 2.37. The van der Waals surface area contributed by atoms with E-state index in [0.717, 1.165) is 33.1 Å². The summed E-state index contributed by atoms with van der Waals surface area (Å²) in [6.07, 6.45) is 1.83. The summed E-state index contributed by atoms with van der Waals surface area (Å²) >= 11 is 1.67. The Morgan fingerprint density at radius 1 is 0.897 bits per heavy atom. The Balaban J connectivity index is 1.80. The summed E-state index contributed by atoms with van der Waals surface area (Å²) in [5.74, 6) is 0.885. The lowest BCUT2D eigenvalue weighted by atomic mass is 10.1. The molecule has 0 saturated carbocycles. The smallest absolute Gasteiger partial charge is 0.145 e. The van der Waals surface area contributed by atoms with Crippen LogP contribution in [0.2, 0.25) is 0 Å². The van der Waals surface area contributed by atoms with E-state index in [2.05, 4.69) is 58.7 Å². The van der Waals surface area contributed by atoms with Crippen LogP contribution >= 0.6 is 11.8 Å². The van der Waals surface area contributed by atoms with Crippen LogP contribution < -0.4 is 4.74 Å². The SMILES string of the molecule is CC(C)Oc1ccc(-c2cc3c(Sc4ccccc4)ncnc3n2C(C)C)cc1. The van der Waals surface area contributed by atoms with Crippen LogP contribution in [0, 0.1) is 0 Å². The van der Waals surface area contributed by atoms with Gasteiger partial charge in [0.25, 0.3) is 0 Å². The van der Waals surface area contributed by atoms with Crippen LogP contribution in [0.4, 0.5) is 0 Å². The molecular weight excluding hydrogens is 378 g/mol. The molecule has 0 atom stereocenters. The van der Waals surface area contributed by atoms with Crippen LogP contribution in [0.3, 0.4) is 0 Å². The molecule has 0 bridgehead atoms. The van der Waals surface area contributed by atoms with E-state index in [0.29, 0.717) is 0 Å². The number of hydrogen-bond donors (Lipinski definition) is 0. The van der Waals surface area contributed by atoms with Crippen LogP contribution in [-0.4, -0.2) is 20.6 Å². The second kappa shape index (κ2) is 8.29. The fraction of sp³-hybridized carbons (Fsp3) is 0.250. The molecule has 4 rings (SSSR count). The molecule has 4 aromatic rings. The van der Waals surface area contributed by atoms with Gasteiger partial charge in [0.05, 0.1) is 17.2 Å². The summed E-state index contributed by atoms with van der Waals surface area (Å²) in [5.41, 5.74) is 3.25. The number of nitrogens with zero attached hydrogens (tertiary/aromatic N) is 3. The maximum absolute atomic E-state index is 5.79. The minimum Gasteiger partial charge on any atom is -0.491 e. The van der Waals surface area contributed by atoms with Crippen molar-refractivity contribution in [3.8, 4) is 17.0 Å². The first kappa shape index (κ1) is 19.5. The van der Waals surface area contributed by atoms with E-state index in [4.69, 9.17) is 4.74 Å². The lowest BCUT2D eigenvalue weighted by Crippen LogP contribution is -2.05. The highest BCUT2D eigenvalue weighted by Gasteiger charge is 2.18. The molecule has 0 unspecified atom stereocenters. The molecule has 0 saturated heterocycles. The fourth-order valence-electron chi connectivity index (χ4n) is 3.41. The predicted octanol–water partition coefficient (Wildman–Crippen LogP) is 6.62. The van der Waals surface area contributed by atoms with Crippen LogP contribution in [0.1, 0.15) is 33.7 Å². The van der Waals surface area contributed by atoms with Crippen LogP contribution in [0.25, 0.3) is 22.3 Å². The summed E-state index contributed by atoms with van der Waals surface area (Å²) in [6.45, 7) is 8.45. The van der Waals surface area contributed by atoms with Gasteiger partial charge < -0.3 is 9.30 Å². The maximum atomic E-state index is 5.79. The number of fused-ring (bicyclic) bond motifs is 1. The first-order chi connectivity index (χ1) is 14.0. The molecule has 2 heterocycles. The Hall–Kier alpha value is -2.79. The van der Waals surface area contributed by atoms with E-state index in [-0.39, 0.29) is 12.1 Å². The lowest BCUT2D eigenvalue weighted by Gasteiger charge is -2.15. The van der Waals surface area contributed by atoms with Crippen molar-refractivity contribution in [3.63, 3.8) is 0 Å². The second-order valence-electron chi connectivity index (χ2n) is 7.52. The Morgan fingerprint density at radius 3 is 2.28 bits per heavy atom. The molecule has 2 aromatic heterocycles. The standard InChI is InChI=1S/C24H25N3OS/c1-16(2)27-22(18-10-12-19(13-11-18)28-17(3)4)14-21-23(27)25-15-26-24(21)29-20-8-6-5-7-9-20/h5-17H,1-4H3. The van der Waals surface area contributed by atoms with Crippen molar-refractivity contribution < 1.29 is 4.74 Å². The normalized spacial score (nSPS) is 11.5. The molecular formula is C24H25N3OS. The molecule has 0 amide bonds. The van der Waals surface area contributed by atoms with Gasteiger partial charge in [0.2, 0.25) is 0 Å². The topological polar surface area (TPSA) is 39.9 Å². The van der Waals surface area contributed by atoms with Crippen molar-refractivity contribution in [2.45, 2.75) is 49.8 Å². The molecule has 29 heavy (non-hydrogen) atoms. The van der Waals surface area contributed by atoms with E-state index in [1.807, 2.05) is 44.2 Å². The molecule has 0 aliphatic heterocycles. The molecule has 0 aliphatic carbocycles. The van der Waals surface area contributed by atoms with E-state index in [1.165, 1.54) is 4.90 Å². The zero-order valence-electron chi connectivity index (χ0n) is 17.2. The summed E-state index contributed by atoms with van der Waals surface area (Å²) in [5, 5.41) is 2.05. The van der Waals surface area contributed by atoms with Crippen LogP contribution in [-0.2, 0) is 0 Å². The van der Waals surface area contributed by atoms with E-state index < -0.39 is 0 Å². The molecule has 2 aromatic carbocycles. The van der Waals surface area contributed by atoms with Crippen molar-refractivity contribution in [2.24, 2.45) is 0 Å². The Morgan fingerprint density at radius 2 is 1.62 bits per heavy atom. The molecule has 148 valence electrons. The number of ether oxygens (including phenoxy) is 1. The van der Waals surface area contributed by atoms with E-state index in [9.17, 15) is 0 Å². The summed E-state index contributed by atoms with van der Waals surface area (Å²) in [6, 6.07) is 21.1. The molecule has 0 aliphatic rings. The average Bonchev–Trinajstić information content (AvgIpc) is 3.10. The van der Waals surface area contributed by atoms with Gasteiger partial charge in [-0.05, 0) is 75.7 Å². The molecule has 0 spiro atoms. The zero-order chi connectivity index (χ0) is 20.4. The fourth-order valence-corrected chi connectivity index (χ4v) is 4.29. The van der Waals surface area contributed by atoms with Gasteiger partial charge in [-0.25, -0.2) is 9.97 Å². The van der Waals surface area contributed by atoms with Gasteiger partial charge in [-0.1, -0.05) is 30.0 Å². The van der Waals surface area contributed by atoms with Gasteiger partial charge in [0, 0.05) is 10.9 Å². The third-order valence-electron chi connectivity index (χ3n) is 4.59. The summed E-state index contributed by atoms with van der Waals surface area (Å²) < 4.78 is 8.08. The quantitative estimate of drug-likeness (QED) is 0.339. The van der Waals surface area contributed by atoms with Gasteiger partial charge in [-0.15, -0.1) is 0 Å². The number of hydrogen-bond acceptors (Lipinski definition) is 4. The van der Waals surface area contributed by atoms with Crippen LogP contribution in [0.15, 0.2) is 76.9 Å².